The fourth-order valence-corrected chi connectivity index (χ4v) is 2.50. The summed E-state index contributed by atoms with van der Waals surface area (Å²) in [5.74, 6) is 0. The van der Waals surface area contributed by atoms with Crippen LogP contribution in [0.3, 0.4) is 0 Å². The minimum absolute atomic E-state index is 0.355. The molecule has 0 aliphatic rings. The van der Waals surface area contributed by atoms with Crippen molar-refractivity contribution >= 4 is 33.2 Å². The normalized spacial score (nSPS) is 14.7. The molecule has 0 aromatic carbocycles. The van der Waals surface area contributed by atoms with Crippen LogP contribution in [0.15, 0.2) is 17.0 Å². The zero-order valence-corrected chi connectivity index (χ0v) is 8.92. The maximum Gasteiger partial charge on any atom is 0.129 e. The standard InChI is InChI=1S/C7H10ClNS2/c1-5-6(11(2)10)3-4-7(8)9-5/h3-4,10-11H,1-2H3. The largest absolute Gasteiger partial charge is 0.240 e. The molecule has 62 valence electrons. The van der Waals surface area contributed by atoms with Crippen LogP contribution in [0.4, 0.5) is 0 Å². The summed E-state index contributed by atoms with van der Waals surface area (Å²) in [6.07, 6.45) is 2.08. The molecule has 0 radical (unpaired) electrons. The Morgan fingerprint density at radius 3 is 2.64 bits per heavy atom. The Kier molecular flexibility index (Phi) is 3.10. The second kappa shape index (κ2) is 3.70. The molecule has 0 aliphatic carbocycles. The summed E-state index contributed by atoms with van der Waals surface area (Å²) in [5, 5.41) is 0.552. The van der Waals surface area contributed by atoms with Crippen molar-refractivity contribution in [3.05, 3.63) is 23.0 Å². The van der Waals surface area contributed by atoms with Crippen molar-refractivity contribution in [1.29, 1.82) is 0 Å². The van der Waals surface area contributed by atoms with E-state index in [9.17, 15) is 0 Å². The van der Waals surface area contributed by atoms with Gasteiger partial charge in [0.15, 0.2) is 0 Å². The molecular weight excluding hydrogens is 198 g/mol. The number of nitrogens with zero attached hydrogens (tertiary/aromatic N) is 1. The fraction of sp³-hybridized carbons (Fsp3) is 0.286. The summed E-state index contributed by atoms with van der Waals surface area (Å²) in [7, 11) is -0.355. The lowest BCUT2D eigenvalue weighted by molar-refractivity contribution is 1.12. The van der Waals surface area contributed by atoms with Gasteiger partial charge in [-0.15, -0.1) is 11.7 Å². The number of hydrogen-bond donors (Lipinski definition) is 2. The van der Waals surface area contributed by atoms with E-state index in [1.54, 1.807) is 6.07 Å². The van der Waals surface area contributed by atoms with Crippen LogP contribution in [-0.2, 0) is 0 Å². The first-order valence-electron chi connectivity index (χ1n) is 3.17. The van der Waals surface area contributed by atoms with Gasteiger partial charge in [-0.2, -0.15) is 9.93 Å². The average molecular weight is 208 g/mol. The Morgan fingerprint density at radius 2 is 2.18 bits per heavy atom. The maximum atomic E-state index is 5.69. The van der Waals surface area contributed by atoms with E-state index in [0.717, 1.165) is 5.69 Å². The molecule has 1 heterocycles. The smallest absolute Gasteiger partial charge is 0.129 e. The first kappa shape index (κ1) is 9.23. The molecule has 0 bridgehead atoms. The zero-order chi connectivity index (χ0) is 8.43. The van der Waals surface area contributed by atoms with Crippen molar-refractivity contribution in [3.8, 4) is 0 Å². The van der Waals surface area contributed by atoms with Gasteiger partial charge in [-0.05, 0) is 25.3 Å². The molecule has 0 N–H and O–H groups in total. The van der Waals surface area contributed by atoms with Gasteiger partial charge in [0, 0.05) is 4.90 Å². The lowest BCUT2D eigenvalue weighted by atomic mass is 10.4. The van der Waals surface area contributed by atoms with Crippen LogP contribution in [0.1, 0.15) is 5.69 Å². The highest BCUT2D eigenvalue weighted by molar-refractivity contribution is 8.77. The van der Waals surface area contributed by atoms with Gasteiger partial charge < -0.3 is 0 Å². The van der Waals surface area contributed by atoms with Gasteiger partial charge in [-0.1, -0.05) is 11.6 Å². The highest BCUT2D eigenvalue weighted by atomic mass is 35.5. The van der Waals surface area contributed by atoms with E-state index in [0.29, 0.717) is 5.15 Å². The topological polar surface area (TPSA) is 12.9 Å². The van der Waals surface area contributed by atoms with Crippen LogP contribution >= 0.6 is 33.2 Å². The van der Waals surface area contributed by atoms with Crippen molar-refractivity contribution in [2.75, 3.05) is 6.26 Å². The second-order valence-electron chi connectivity index (χ2n) is 2.26. The van der Waals surface area contributed by atoms with Crippen molar-refractivity contribution in [1.82, 2.24) is 4.98 Å². The molecule has 1 atom stereocenters. The van der Waals surface area contributed by atoms with E-state index in [1.807, 2.05) is 13.0 Å². The van der Waals surface area contributed by atoms with Gasteiger partial charge in [0.2, 0.25) is 0 Å². The lowest BCUT2D eigenvalue weighted by Gasteiger charge is -2.10. The number of aromatic nitrogens is 1. The number of pyridine rings is 1. The van der Waals surface area contributed by atoms with Gasteiger partial charge in [-0.25, -0.2) is 4.98 Å². The van der Waals surface area contributed by atoms with E-state index in [2.05, 4.69) is 22.9 Å². The monoisotopic (exact) mass is 207 g/mol. The van der Waals surface area contributed by atoms with Gasteiger partial charge in [0.05, 0.1) is 5.69 Å². The third-order valence-electron chi connectivity index (χ3n) is 1.37. The van der Waals surface area contributed by atoms with E-state index in [4.69, 9.17) is 11.6 Å². The molecule has 4 heteroatoms. The van der Waals surface area contributed by atoms with Crippen molar-refractivity contribution in [3.63, 3.8) is 0 Å². The van der Waals surface area contributed by atoms with Gasteiger partial charge in [0.25, 0.3) is 0 Å². The van der Waals surface area contributed by atoms with Crippen LogP contribution in [0.5, 0.6) is 0 Å². The molecule has 0 fully saturated rings. The maximum absolute atomic E-state index is 5.69. The molecule has 0 spiro atoms. The first-order chi connectivity index (χ1) is 5.11. The molecule has 1 unspecified atom stereocenters. The molecule has 1 aromatic heterocycles. The quantitative estimate of drug-likeness (QED) is 0.410. The number of hydrogen-bond acceptors (Lipinski definition) is 2. The number of halogens is 1. The van der Waals surface area contributed by atoms with E-state index in [1.165, 1.54) is 4.90 Å². The molecule has 1 aromatic rings. The zero-order valence-electron chi connectivity index (χ0n) is 6.37. The van der Waals surface area contributed by atoms with Crippen LogP contribution < -0.4 is 0 Å². The predicted molar refractivity (Wildman–Crippen MR) is 56.1 cm³/mol. The van der Waals surface area contributed by atoms with Crippen LogP contribution in [0.25, 0.3) is 0 Å². The van der Waals surface area contributed by atoms with Crippen LogP contribution in [0, 0.1) is 6.92 Å². The molecule has 11 heavy (non-hydrogen) atoms. The SMILES string of the molecule is Cc1nc(Cl)ccc1[SH](C)S. The predicted octanol–water partition coefficient (Wildman–Crippen LogP) is 2.88. The molecule has 1 nitrogen and oxygen atoms in total. The Balaban J connectivity index is 3.09. The summed E-state index contributed by atoms with van der Waals surface area (Å²) in [6, 6.07) is 3.79. The lowest BCUT2D eigenvalue weighted by Crippen LogP contribution is -1.86. The number of rotatable bonds is 1. The number of aryl methyl sites for hydroxylation is 1. The fourth-order valence-electron chi connectivity index (χ4n) is 0.865. The van der Waals surface area contributed by atoms with Gasteiger partial charge in [0.1, 0.15) is 5.15 Å². The third-order valence-corrected chi connectivity index (χ3v) is 3.40. The summed E-state index contributed by atoms with van der Waals surface area (Å²) >= 11 is 10.1. The van der Waals surface area contributed by atoms with E-state index >= 15 is 0 Å². The Labute approximate surface area is 79.3 Å². The van der Waals surface area contributed by atoms with Crippen molar-refractivity contribution in [2.45, 2.75) is 11.8 Å². The van der Waals surface area contributed by atoms with Gasteiger partial charge in [-0.3, -0.25) is 0 Å². The first-order valence-corrected chi connectivity index (χ1v) is 6.49. The molecule has 0 amide bonds. The highest BCUT2D eigenvalue weighted by Crippen LogP contribution is 2.38. The molecule has 1 rings (SSSR count). The Bertz CT molecular complexity index is 263. The summed E-state index contributed by atoms with van der Waals surface area (Å²) in [4.78, 5) is 5.33. The minimum atomic E-state index is -0.355. The summed E-state index contributed by atoms with van der Waals surface area (Å²) in [6.45, 7) is 1.95. The minimum Gasteiger partial charge on any atom is -0.240 e. The average Bonchev–Trinajstić information content (AvgIpc) is 1.85. The third kappa shape index (κ3) is 2.29. The highest BCUT2D eigenvalue weighted by Gasteiger charge is 2.01. The van der Waals surface area contributed by atoms with Crippen LogP contribution in [0.2, 0.25) is 5.15 Å². The molecule has 0 aliphatic heterocycles. The van der Waals surface area contributed by atoms with Gasteiger partial charge >= 0.3 is 0 Å². The van der Waals surface area contributed by atoms with Crippen molar-refractivity contribution in [2.24, 2.45) is 0 Å². The van der Waals surface area contributed by atoms with Crippen molar-refractivity contribution < 1.29 is 0 Å². The molecule has 0 saturated heterocycles. The Hall–Kier alpha value is 0.140. The van der Waals surface area contributed by atoms with E-state index < -0.39 is 0 Å². The van der Waals surface area contributed by atoms with Crippen LogP contribution in [-0.4, -0.2) is 11.2 Å². The summed E-state index contributed by atoms with van der Waals surface area (Å²) in [5.41, 5.74) is 0.987. The number of thiol groups is 2. The summed E-state index contributed by atoms with van der Waals surface area (Å²) < 4.78 is 0. The second-order valence-corrected chi connectivity index (χ2v) is 5.98. The molecular formula is C7H10ClNS2. The Morgan fingerprint density at radius 1 is 1.55 bits per heavy atom. The molecule has 0 saturated carbocycles. The van der Waals surface area contributed by atoms with E-state index in [-0.39, 0.29) is 9.93 Å².